The third-order valence-electron chi connectivity index (χ3n) is 5.97. The molecule has 0 aliphatic carbocycles. The van der Waals surface area contributed by atoms with Crippen LogP contribution in [0.25, 0.3) is 27.7 Å². The lowest BCUT2D eigenvalue weighted by molar-refractivity contribution is -0.137. The van der Waals surface area contributed by atoms with Gasteiger partial charge in [-0.15, -0.1) is 0 Å². The smallest absolute Gasteiger partial charge is 0.356 e. The van der Waals surface area contributed by atoms with Gasteiger partial charge in [0.1, 0.15) is 5.49 Å². The molecule has 2 aromatic carbocycles. The van der Waals surface area contributed by atoms with E-state index in [1.165, 1.54) is 19.1 Å². The van der Waals surface area contributed by atoms with Crippen LogP contribution in [-0.4, -0.2) is 21.6 Å². The number of rotatable bonds is 5. The second-order valence-corrected chi connectivity index (χ2v) is 8.48. The second-order valence-electron chi connectivity index (χ2n) is 8.48. The maximum Gasteiger partial charge on any atom is 0.416 e. The first-order valence-electron chi connectivity index (χ1n) is 10.8. The van der Waals surface area contributed by atoms with E-state index >= 15 is 0 Å². The monoisotopic (exact) mass is 466 g/mol. The molecule has 176 valence electrons. The molecule has 2 aromatic heterocycles. The number of carbonyl (C=O) groups excluding carboxylic acids is 1. The van der Waals surface area contributed by atoms with Crippen LogP contribution in [0.2, 0.25) is 0 Å². The Kier molecular flexibility index (Phi) is 6.08. The lowest BCUT2D eigenvalue weighted by Gasteiger charge is -2.12. The van der Waals surface area contributed by atoms with Crippen LogP contribution in [0.3, 0.4) is 0 Å². The largest absolute Gasteiger partial charge is 0.416 e. The van der Waals surface area contributed by atoms with Gasteiger partial charge in [-0.1, -0.05) is 25.1 Å². The lowest BCUT2D eigenvalue weighted by Crippen LogP contribution is -2.24. The van der Waals surface area contributed by atoms with Crippen LogP contribution in [-0.2, 0) is 18.0 Å². The topological polar surface area (TPSA) is 62.8 Å². The number of pyridine rings is 1. The number of alkyl halides is 3. The van der Waals surface area contributed by atoms with Crippen LogP contribution < -0.4 is 10.8 Å². The Hall–Kier alpha value is -3.81. The lowest BCUT2D eigenvalue weighted by atomic mass is 10.00. The predicted molar refractivity (Wildman–Crippen MR) is 126 cm³/mol. The molecule has 0 bridgehead atoms. The first-order chi connectivity index (χ1) is 16.0. The molecule has 2 N–H and O–H groups in total. The minimum atomic E-state index is -4.38. The molecule has 1 amide bonds. The van der Waals surface area contributed by atoms with E-state index in [0.29, 0.717) is 17.7 Å². The molecule has 0 saturated carbocycles. The van der Waals surface area contributed by atoms with E-state index in [2.05, 4.69) is 18.4 Å². The Bertz CT molecular complexity index is 1410. The van der Waals surface area contributed by atoms with Crippen molar-refractivity contribution in [2.24, 2.45) is 7.05 Å². The highest BCUT2D eigenvalue weighted by Crippen LogP contribution is 2.31. The Balaban J connectivity index is 1.65. The Morgan fingerprint density at radius 1 is 1.06 bits per heavy atom. The van der Waals surface area contributed by atoms with Gasteiger partial charge in [0.2, 0.25) is 5.91 Å². The summed E-state index contributed by atoms with van der Waals surface area (Å²) in [5.41, 5.74) is 3.74. The van der Waals surface area contributed by atoms with Crippen LogP contribution in [0.4, 0.5) is 13.2 Å². The Morgan fingerprint density at radius 3 is 2.38 bits per heavy atom. The summed E-state index contributed by atoms with van der Waals surface area (Å²) in [6, 6.07) is 14.3. The van der Waals surface area contributed by atoms with Crippen molar-refractivity contribution >= 4 is 16.8 Å². The zero-order valence-corrected chi connectivity index (χ0v) is 19.1. The molecule has 34 heavy (non-hydrogen) atoms. The molecule has 4 rings (SSSR count). The molecule has 0 aliphatic rings. The standard InChI is InChI=1S/C26H25F3N4O/c1-16(14-31-17(2)34)23-15-32(3)24-13-21(8-9-22(23)24)33-11-10-19(12-25(33)30)18-4-6-20(7-5-18)26(27,28)29/h4-13,15-16,30H,14H2,1-3H3,(H,31,34). The Labute approximate surface area is 195 Å². The van der Waals surface area contributed by atoms with Crippen LogP contribution in [0.1, 0.15) is 30.9 Å². The zero-order chi connectivity index (χ0) is 24.6. The number of nitrogens with one attached hydrogen (secondary N) is 2. The third kappa shape index (κ3) is 4.62. The minimum Gasteiger partial charge on any atom is -0.356 e. The fraction of sp³-hybridized carbons (Fsp3) is 0.231. The van der Waals surface area contributed by atoms with Crippen molar-refractivity contribution in [2.45, 2.75) is 25.9 Å². The maximum absolute atomic E-state index is 12.8. The molecule has 4 aromatic rings. The minimum absolute atomic E-state index is 0.0616. The zero-order valence-electron chi connectivity index (χ0n) is 19.1. The first kappa shape index (κ1) is 23.4. The summed E-state index contributed by atoms with van der Waals surface area (Å²) in [5, 5.41) is 12.4. The Morgan fingerprint density at radius 2 is 1.76 bits per heavy atom. The number of halogens is 3. The number of benzene rings is 2. The maximum atomic E-state index is 12.8. The highest BCUT2D eigenvalue weighted by molar-refractivity contribution is 5.86. The summed E-state index contributed by atoms with van der Waals surface area (Å²) in [6.45, 7) is 4.11. The van der Waals surface area contributed by atoms with Gasteiger partial charge in [-0.3, -0.25) is 10.2 Å². The van der Waals surface area contributed by atoms with Crippen molar-refractivity contribution in [3.8, 4) is 16.8 Å². The fourth-order valence-electron chi connectivity index (χ4n) is 4.11. The van der Waals surface area contributed by atoms with Crippen molar-refractivity contribution in [1.29, 1.82) is 5.41 Å². The third-order valence-corrected chi connectivity index (χ3v) is 5.97. The number of fused-ring (bicyclic) bond motifs is 1. The van der Waals surface area contributed by atoms with Crippen LogP contribution in [0.15, 0.2) is 67.0 Å². The van der Waals surface area contributed by atoms with Crippen LogP contribution in [0, 0.1) is 5.41 Å². The number of aromatic nitrogens is 2. The fourth-order valence-corrected chi connectivity index (χ4v) is 4.11. The SMILES string of the molecule is CC(=O)NCC(C)c1cn(C)c2cc(-n3ccc(-c4ccc(C(F)(F)F)cc4)cc3=N)ccc12. The van der Waals surface area contributed by atoms with Gasteiger partial charge in [0, 0.05) is 49.9 Å². The average Bonchev–Trinajstić information content (AvgIpc) is 3.13. The molecular weight excluding hydrogens is 441 g/mol. The highest BCUT2D eigenvalue weighted by Gasteiger charge is 2.30. The molecule has 0 spiro atoms. The molecule has 2 heterocycles. The van der Waals surface area contributed by atoms with Crippen LogP contribution >= 0.6 is 0 Å². The van der Waals surface area contributed by atoms with Crippen molar-refractivity contribution in [2.75, 3.05) is 6.54 Å². The number of hydrogen-bond acceptors (Lipinski definition) is 2. The molecular formula is C26H25F3N4O. The predicted octanol–water partition coefficient (Wildman–Crippen LogP) is 5.37. The van der Waals surface area contributed by atoms with Crippen molar-refractivity contribution in [3.63, 3.8) is 0 Å². The number of hydrogen-bond donors (Lipinski definition) is 2. The van der Waals surface area contributed by atoms with Gasteiger partial charge in [-0.05, 0) is 53.1 Å². The summed E-state index contributed by atoms with van der Waals surface area (Å²) in [4.78, 5) is 11.3. The molecule has 0 aliphatic heterocycles. The first-order valence-corrected chi connectivity index (χ1v) is 10.8. The molecule has 1 unspecified atom stereocenters. The van der Waals surface area contributed by atoms with E-state index < -0.39 is 11.7 Å². The van der Waals surface area contributed by atoms with E-state index in [4.69, 9.17) is 5.41 Å². The quantitative estimate of drug-likeness (QED) is 0.408. The number of carbonyl (C=O) groups is 1. The van der Waals surface area contributed by atoms with Gasteiger partial charge >= 0.3 is 6.18 Å². The van der Waals surface area contributed by atoms with Crippen molar-refractivity contribution in [3.05, 3.63) is 83.6 Å². The molecule has 0 fully saturated rings. The van der Waals surface area contributed by atoms with Gasteiger partial charge in [-0.25, -0.2) is 0 Å². The van der Waals surface area contributed by atoms with E-state index in [-0.39, 0.29) is 17.3 Å². The number of amides is 1. The van der Waals surface area contributed by atoms with Gasteiger partial charge in [0.25, 0.3) is 0 Å². The summed E-state index contributed by atoms with van der Waals surface area (Å²) >= 11 is 0. The molecule has 8 heteroatoms. The number of aryl methyl sites for hydroxylation is 1. The molecule has 5 nitrogen and oxygen atoms in total. The summed E-state index contributed by atoms with van der Waals surface area (Å²) in [5.74, 6) is 0.0781. The van der Waals surface area contributed by atoms with E-state index in [1.54, 1.807) is 22.9 Å². The highest BCUT2D eigenvalue weighted by atomic mass is 19.4. The summed E-state index contributed by atoms with van der Waals surface area (Å²) < 4.78 is 42.2. The second kappa shape index (κ2) is 8.85. The average molecular weight is 467 g/mol. The normalized spacial score (nSPS) is 12.6. The van der Waals surface area contributed by atoms with E-state index in [9.17, 15) is 18.0 Å². The summed E-state index contributed by atoms with van der Waals surface area (Å²) in [6.07, 6.45) is -0.573. The van der Waals surface area contributed by atoms with Gasteiger partial charge in [0.05, 0.1) is 11.1 Å². The van der Waals surface area contributed by atoms with Gasteiger partial charge in [-0.2, -0.15) is 13.2 Å². The molecule has 0 saturated heterocycles. The number of nitrogens with zero attached hydrogens (tertiary/aromatic N) is 2. The van der Waals surface area contributed by atoms with E-state index in [0.717, 1.165) is 34.3 Å². The molecule has 1 atom stereocenters. The van der Waals surface area contributed by atoms with Crippen LogP contribution in [0.5, 0.6) is 0 Å². The van der Waals surface area contributed by atoms with E-state index in [1.807, 2.05) is 29.8 Å². The van der Waals surface area contributed by atoms with Crippen molar-refractivity contribution in [1.82, 2.24) is 14.5 Å². The van der Waals surface area contributed by atoms with Crippen molar-refractivity contribution < 1.29 is 18.0 Å². The summed E-state index contributed by atoms with van der Waals surface area (Å²) in [7, 11) is 1.96. The van der Waals surface area contributed by atoms with Gasteiger partial charge in [0.15, 0.2) is 0 Å². The molecule has 0 radical (unpaired) electrons. The van der Waals surface area contributed by atoms with Gasteiger partial charge < -0.3 is 14.5 Å².